The van der Waals surface area contributed by atoms with Gasteiger partial charge < -0.3 is 25.6 Å². The summed E-state index contributed by atoms with van der Waals surface area (Å²) in [7, 11) is 0. The third-order valence-corrected chi connectivity index (χ3v) is 7.58. The van der Waals surface area contributed by atoms with Crippen molar-refractivity contribution >= 4 is 12.1 Å². The van der Waals surface area contributed by atoms with Crippen molar-refractivity contribution in [1.29, 1.82) is 0 Å². The molecule has 2 aliphatic carbocycles. The molecule has 1 saturated carbocycles. The summed E-state index contributed by atoms with van der Waals surface area (Å²) < 4.78 is 5.52. The molecule has 2 saturated heterocycles. The lowest BCUT2D eigenvalue weighted by molar-refractivity contribution is 0.0545. The molecule has 2 heterocycles. The van der Waals surface area contributed by atoms with Crippen LogP contribution in [0.25, 0.3) is 0 Å². The van der Waals surface area contributed by atoms with E-state index in [2.05, 4.69) is 34.2 Å². The SMILES string of the molecule is O=C(NCCCNC(=O)N1CCC2CCCCC2C1)NC1(C2=CC=CC2)CCOCC1. The molecule has 2 aliphatic heterocycles. The Morgan fingerprint density at radius 1 is 1.06 bits per heavy atom. The molecule has 0 aromatic heterocycles. The van der Waals surface area contributed by atoms with Crippen LogP contribution in [0.2, 0.25) is 0 Å². The molecule has 2 atom stereocenters. The summed E-state index contributed by atoms with van der Waals surface area (Å²) in [5, 5.41) is 9.22. The van der Waals surface area contributed by atoms with Crippen molar-refractivity contribution in [1.82, 2.24) is 20.9 Å². The standard InChI is InChI=1S/C24H38N4O3/c29-22(27-24(11-16-31-17-12-24)21-8-3-4-9-21)25-13-5-14-26-23(30)28-15-10-19-6-1-2-7-20(19)18-28/h3-4,8,19-20H,1-2,5-7,9-18H2,(H,26,30)(H2,25,27,29). The van der Waals surface area contributed by atoms with Gasteiger partial charge in [0.2, 0.25) is 0 Å². The summed E-state index contributed by atoms with van der Waals surface area (Å²) in [6, 6.07) is -0.0873. The van der Waals surface area contributed by atoms with Crippen LogP contribution in [-0.2, 0) is 4.74 Å². The van der Waals surface area contributed by atoms with Crippen molar-refractivity contribution in [2.24, 2.45) is 11.8 Å². The normalized spacial score (nSPS) is 27.2. The van der Waals surface area contributed by atoms with Crippen LogP contribution in [0.15, 0.2) is 23.8 Å². The number of carbonyl (C=O) groups excluding carboxylic acids is 2. The van der Waals surface area contributed by atoms with E-state index in [1.165, 1.54) is 31.3 Å². The molecule has 2 unspecified atom stereocenters. The molecule has 7 heteroatoms. The monoisotopic (exact) mass is 430 g/mol. The van der Waals surface area contributed by atoms with Gasteiger partial charge in [0.15, 0.2) is 0 Å². The molecule has 31 heavy (non-hydrogen) atoms. The Labute approximate surface area is 186 Å². The van der Waals surface area contributed by atoms with Gasteiger partial charge in [-0.3, -0.25) is 0 Å². The molecular weight excluding hydrogens is 392 g/mol. The van der Waals surface area contributed by atoms with Crippen LogP contribution in [0.4, 0.5) is 9.59 Å². The van der Waals surface area contributed by atoms with Gasteiger partial charge in [-0.25, -0.2) is 9.59 Å². The van der Waals surface area contributed by atoms with Crippen LogP contribution in [0, 0.1) is 11.8 Å². The predicted octanol–water partition coefficient (Wildman–Crippen LogP) is 3.33. The zero-order chi connectivity index (χ0) is 21.5. The second-order valence-electron chi connectivity index (χ2n) is 9.52. The van der Waals surface area contributed by atoms with Crippen molar-refractivity contribution in [2.45, 2.75) is 63.3 Å². The molecule has 172 valence electrons. The number of likely N-dealkylation sites (tertiary alicyclic amines) is 1. The molecule has 0 bridgehead atoms. The highest BCUT2D eigenvalue weighted by atomic mass is 16.5. The zero-order valence-corrected chi connectivity index (χ0v) is 18.7. The minimum Gasteiger partial charge on any atom is -0.381 e. The van der Waals surface area contributed by atoms with Crippen LogP contribution in [0.3, 0.4) is 0 Å². The number of piperidine rings is 1. The smallest absolute Gasteiger partial charge is 0.317 e. The molecule has 0 spiro atoms. The molecule has 3 N–H and O–H groups in total. The number of allylic oxidation sites excluding steroid dienone is 3. The summed E-state index contributed by atoms with van der Waals surface area (Å²) in [5.41, 5.74) is 0.964. The first-order valence-corrected chi connectivity index (χ1v) is 12.2. The minimum absolute atomic E-state index is 0.0512. The number of carbonyl (C=O) groups is 2. The summed E-state index contributed by atoms with van der Waals surface area (Å²) in [6.07, 6.45) is 16.0. The van der Waals surface area contributed by atoms with Gasteiger partial charge in [-0.2, -0.15) is 0 Å². The number of hydrogen-bond donors (Lipinski definition) is 3. The molecular formula is C24H38N4O3. The second kappa shape index (κ2) is 10.5. The van der Waals surface area contributed by atoms with Crippen LogP contribution in [0.1, 0.15) is 57.8 Å². The Morgan fingerprint density at radius 3 is 2.61 bits per heavy atom. The van der Waals surface area contributed by atoms with Gasteiger partial charge in [0.1, 0.15) is 0 Å². The van der Waals surface area contributed by atoms with Gasteiger partial charge in [0.05, 0.1) is 5.54 Å². The number of amides is 4. The van der Waals surface area contributed by atoms with E-state index in [0.717, 1.165) is 51.1 Å². The fraction of sp³-hybridized carbons (Fsp3) is 0.750. The van der Waals surface area contributed by atoms with Crippen molar-refractivity contribution in [3.8, 4) is 0 Å². The summed E-state index contributed by atoms with van der Waals surface area (Å²) in [4.78, 5) is 27.0. The van der Waals surface area contributed by atoms with E-state index in [0.29, 0.717) is 32.2 Å². The van der Waals surface area contributed by atoms with Crippen LogP contribution >= 0.6 is 0 Å². The van der Waals surface area contributed by atoms with E-state index in [-0.39, 0.29) is 17.6 Å². The number of nitrogens with zero attached hydrogens (tertiary/aromatic N) is 1. The Hall–Kier alpha value is -2.02. The number of urea groups is 2. The van der Waals surface area contributed by atoms with E-state index in [4.69, 9.17) is 4.74 Å². The first-order chi connectivity index (χ1) is 15.2. The number of nitrogens with one attached hydrogen (secondary N) is 3. The lowest BCUT2D eigenvalue weighted by atomic mass is 9.75. The molecule has 0 aromatic carbocycles. The maximum absolute atomic E-state index is 12.5. The Balaban J connectivity index is 1.13. The number of hydrogen-bond acceptors (Lipinski definition) is 3. The van der Waals surface area contributed by atoms with Gasteiger partial charge in [-0.05, 0) is 55.9 Å². The molecule has 4 aliphatic rings. The average Bonchev–Trinajstić information content (AvgIpc) is 3.35. The number of rotatable bonds is 6. The molecule has 7 nitrogen and oxygen atoms in total. The van der Waals surface area contributed by atoms with E-state index in [1.807, 2.05) is 4.90 Å². The van der Waals surface area contributed by atoms with Crippen molar-refractivity contribution < 1.29 is 14.3 Å². The fourth-order valence-corrected chi connectivity index (χ4v) is 5.69. The van der Waals surface area contributed by atoms with Crippen molar-refractivity contribution in [3.63, 3.8) is 0 Å². The van der Waals surface area contributed by atoms with E-state index < -0.39 is 0 Å². The second-order valence-corrected chi connectivity index (χ2v) is 9.52. The molecule has 4 amide bonds. The number of fused-ring (bicyclic) bond motifs is 1. The third kappa shape index (κ3) is 5.62. The quantitative estimate of drug-likeness (QED) is 0.565. The maximum atomic E-state index is 12.5. The van der Waals surface area contributed by atoms with Crippen LogP contribution in [0.5, 0.6) is 0 Å². The van der Waals surface area contributed by atoms with Gasteiger partial charge in [-0.15, -0.1) is 0 Å². The van der Waals surface area contributed by atoms with Gasteiger partial charge in [0, 0.05) is 39.4 Å². The molecule has 4 rings (SSSR count). The lowest BCUT2D eigenvalue weighted by Gasteiger charge is -2.41. The Kier molecular flexibility index (Phi) is 7.54. The minimum atomic E-state index is -0.300. The summed E-state index contributed by atoms with van der Waals surface area (Å²) in [5.74, 6) is 1.52. The van der Waals surface area contributed by atoms with Gasteiger partial charge in [0.25, 0.3) is 0 Å². The summed E-state index contributed by atoms with van der Waals surface area (Å²) in [6.45, 7) is 4.25. The Morgan fingerprint density at radius 2 is 1.84 bits per heavy atom. The van der Waals surface area contributed by atoms with Crippen molar-refractivity contribution in [2.75, 3.05) is 39.4 Å². The van der Waals surface area contributed by atoms with E-state index in [1.54, 1.807) is 0 Å². The first kappa shape index (κ1) is 22.2. The number of ether oxygens (including phenoxy) is 1. The largest absolute Gasteiger partial charge is 0.381 e. The predicted molar refractivity (Wildman–Crippen MR) is 121 cm³/mol. The Bertz CT molecular complexity index is 699. The highest BCUT2D eigenvalue weighted by molar-refractivity contribution is 5.76. The molecule has 3 fully saturated rings. The van der Waals surface area contributed by atoms with Gasteiger partial charge >= 0.3 is 12.1 Å². The topological polar surface area (TPSA) is 82.7 Å². The average molecular weight is 431 g/mol. The van der Waals surface area contributed by atoms with E-state index in [9.17, 15) is 9.59 Å². The van der Waals surface area contributed by atoms with Crippen LogP contribution < -0.4 is 16.0 Å². The first-order valence-electron chi connectivity index (χ1n) is 12.2. The van der Waals surface area contributed by atoms with E-state index >= 15 is 0 Å². The highest BCUT2D eigenvalue weighted by Gasteiger charge is 2.37. The zero-order valence-electron chi connectivity index (χ0n) is 18.7. The van der Waals surface area contributed by atoms with Crippen molar-refractivity contribution in [3.05, 3.63) is 23.8 Å². The van der Waals surface area contributed by atoms with Gasteiger partial charge in [-0.1, -0.05) is 37.5 Å². The third-order valence-electron chi connectivity index (χ3n) is 7.58. The molecule has 0 aromatic rings. The van der Waals surface area contributed by atoms with Crippen LogP contribution in [-0.4, -0.2) is 61.9 Å². The fourth-order valence-electron chi connectivity index (χ4n) is 5.69. The maximum Gasteiger partial charge on any atom is 0.317 e. The highest BCUT2D eigenvalue weighted by Crippen LogP contribution is 2.36. The summed E-state index contributed by atoms with van der Waals surface area (Å²) >= 11 is 0. The lowest BCUT2D eigenvalue weighted by Crippen LogP contribution is -2.56. The molecule has 0 radical (unpaired) electrons.